The van der Waals surface area contributed by atoms with E-state index in [1.54, 1.807) is 0 Å². The first-order chi connectivity index (χ1) is 12.3. The van der Waals surface area contributed by atoms with Crippen molar-refractivity contribution >= 4 is 21.7 Å². The van der Waals surface area contributed by atoms with Gasteiger partial charge in [-0.15, -0.1) is 0 Å². The minimum absolute atomic E-state index is 0.349. The molecule has 0 saturated heterocycles. The first-order valence-electron chi connectivity index (χ1n) is 9.11. The smallest absolute Gasteiger partial charge is 0.0517 e. The van der Waals surface area contributed by atoms with Crippen molar-refractivity contribution in [3.05, 3.63) is 83.0 Å². The van der Waals surface area contributed by atoms with Gasteiger partial charge >= 0.3 is 0 Å². The second-order valence-electron chi connectivity index (χ2n) is 7.17. The fourth-order valence-electron chi connectivity index (χ4n) is 4.29. The first-order valence-corrected chi connectivity index (χ1v) is 9.11. The van der Waals surface area contributed by atoms with E-state index in [2.05, 4.69) is 77.9 Å². The molecule has 4 aromatic rings. The summed E-state index contributed by atoms with van der Waals surface area (Å²) in [6.45, 7) is 3.22. The summed E-state index contributed by atoms with van der Waals surface area (Å²) in [6.07, 6.45) is 2.12. The van der Waals surface area contributed by atoms with Crippen LogP contribution in [0.4, 0.5) is 0 Å². The number of rotatable bonds is 2. The molecule has 1 unspecified atom stereocenters. The Morgan fingerprint density at radius 3 is 2.80 bits per heavy atom. The molecule has 5 rings (SSSR count). The van der Waals surface area contributed by atoms with Crippen LogP contribution in [0.5, 0.6) is 0 Å². The minimum atomic E-state index is 0.349. The SMILES string of the molecule is Cc1ccc2[nH]c3c(c2c1)CCNC3Cc1cccc2ccccc12. The molecule has 1 aliphatic heterocycles. The average Bonchev–Trinajstić information content (AvgIpc) is 3.01. The monoisotopic (exact) mass is 326 g/mol. The van der Waals surface area contributed by atoms with Gasteiger partial charge in [-0.2, -0.15) is 0 Å². The van der Waals surface area contributed by atoms with Crippen LogP contribution < -0.4 is 5.32 Å². The van der Waals surface area contributed by atoms with E-state index in [4.69, 9.17) is 0 Å². The zero-order valence-corrected chi connectivity index (χ0v) is 14.5. The third-order valence-electron chi connectivity index (χ3n) is 5.51. The van der Waals surface area contributed by atoms with Crippen molar-refractivity contribution in [3.8, 4) is 0 Å². The van der Waals surface area contributed by atoms with E-state index in [-0.39, 0.29) is 0 Å². The Balaban J connectivity index is 1.59. The van der Waals surface area contributed by atoms with E-state index >= 15 is 0 Å². The van der Waals surface area contributed by atoms with Crippen LogP contribution >= 0.6 is 0 Å². The topological polar surface area (TPSA) is 27.8 Å². The Morgan fingerprint density at radius 1 is 0.960 bits per heavy atom. The summed E-state index contributed by atoms with van der Waals surface area (Å²) >= 11 is 0. The highest BCUT2D eigenvalue weighted by Crippen LogP contribution is 2.33. The van der Waals surface area contributed by atoms with Crippen LogP contribution in [0.1, 0.15) is 28.4 Å². The number of aryl methyl sites for hydroxylation is 1. The van der Waals surface area contributed by atoms with Gasteiger partial charge in [0.05, 0.1) is 6.04 Å². The number of hydrogen-bond acceptors (Lipinski definition) is 1. The molecule has 1 atom stereocenters. The lowest BCUT2D eigenvalue weighted by molar-refractivity contribution is 0.496. The van der Waals surface area contributed by atoms with Crippen LogP contribution in [0, 0.1) is 6.92 Å². The van der Waals surface area contributed by atoms with Crippen molar-refractivity contribution in [2.75, 3.05) is 6.54 Å². The van der Waals surface area contributed by atoms with Crippen molar-refractivity contribution in [3.63, 3.8) is 0 Å². The second-order valence-corrected chi connectivity index (χ2v) is 7.17. The number of fused-ring (bicyclic) bond motifs is 4. The van der Waals surface area contributed by atoms with Gasteiger partial charge < -0.3 is 10.3 Å². The molecule has 25 heavy (non-hydrogen) atoms. The van der Waals surface area contributed by atoms with Crippen LogP contribution in [0.3, 0.4) is 0 Å². The average molecular weight is 326 g/mol. The fraction of sp³-hybridized carbons (Fsp3) is 0.217. The third kappa shape index (κ3) is 2.45. The molecule has 1 aromatic heterocycles. The standard InChI is InChI=1S/C23H22N2/c1-15-9-10-21-20(13-15)19-11-12-24-22(23(19)25-21)14-17-7-4-6-16-5-2-3-8-18(16)17/h2-10,13,22,24-25H,11-12,14H2,1H3. The van der Waals surface area contributed by atoms with Crippen molar-refractivity contribution < 1.29 is 0 Å². The van der Waals surface area contributed by atoms with Crippen LogP contribution in [0.25, 0.3) is 21.7 Å². The molecule has 0 bridgehead atoms. The summed E-state index contributed by atoms with van der Waals surface area (Å²) in [5, 5.41) is 7.82. The molecule has 0 amide bonds. The Kier molecular flexibility index (Phi) is 3.39. The number of aromatic amines is 1. The molecule has 0 aliphatic carbocycles. The van der Waals surface area contributed by atoms with E-state index in [1.807, 2.05) is 0 Å². The quantitative estimate of drug-likeness (QED) is 0.529. The van der Waals surface area contributed by atoms with Gasteiger partial charge in [-0.3, -0.25) is 0 Å². The van der Waals surface area contributed by atoms with Gasteiger partial charge in [0, 0.05) is 16.6 Å². The Labute approximate surface area is 147 Å². The van der Waals surface area contributed by atoms with E-state index in [0.29, 0.717) is 6.04 Å². The lowest BCUT2D eigenvalue weighted by atomic mass is 9.92. The molecule has 0 fully saturated rings. The van der Waals surface area contributed by atoms with Gasteiger partial charge in [0.2, 0.25) is 0 Å². The number of H-pyrrole nitrogens is 1. The molecule has 0 spiro atoms. The molecule has 2 heterocycles. The molecule has 1 aliphatic rings. The van der Waals surface area contributed by atoms with Gasteiger partial charge in [0.1, 0.15) is 0 Å². The number of nitrogens with one attached hydrogen (secondary N) is 2. The predicted octanol–water partition coefficient (Wildman–Crippen LogP) is 5.06. The maximum Gasteiger partial charge on any atom is 0.0517 e. The molecule has 2 N–H and O–H groups in total. The third-order valence-corrected chi connectivity index (χ3v) is 5.51. The van der Waals surface area contributed by atoms with Crippen molar-refractivity contribution in [2.24, 2.45) is 0 Å². The first kappa shape index (κ1) is 14.7. The molecular formula is C23H22N2. The number of hydrogen-bond donors (Lipinski definition) is 2. The lowest BCUT2D eigenvalue weighted by Crippen LogP contribution is -2.31. The summed E-state index contributed by atoms with van der Waals surface area (Å²) in [6, 6.07) is 22.4. The Bertz CT molecular complexity index is 1070. The largest absolute Gasteiger partial charge is 0.357 e. The summed E-state index contributed by atoms with van der Waals surface area (Å²) in [5.74, 6) is 0. The van der Waals surface area contributed by atoms with E-state index in [0.717, 1.165) is 19.4 Å². The molecule has 2 nitrogen and oxygen atoms in total. The Hall–Kier alpha value is -2.58. The van der Waals surface area contributed by atoms with E-state index < -0.39 is 0 Å². The molecular weight excluding hydrogens is 304 g/mol. The minimum Gasteiger partial charge on any atom is -0.357 e. The van der Waals surface area contributed by atoms with Crippen LogP contribution in [0.15, 0.2) is 60.7 Å². The highest BCUT2D eigenvalue weighted by atomic mass is 15.0. The molecule has 3 aromatic carbocycles. The van der Waals surface area contributed by atoms with Crippen molar-refractivity contribution in [1.82, 2.24) is 10.3 Å². The zero-order chi connectivity index (χ0) is 16.8. The molecule has 0 radical (unpaired) electrons. The fourth-order valence-corrected chi connectivity index (χ4v) is 4.29. The molecule has 2 heteroatoms. The zero-order valence-electron chi connectivity index (χ0n) is 14.5. The Morgan fingerprint density at radius 2 is 1.84 bits per heavy atom. The van der Waals surface area contributed by atoms with Crippen LogP contribution in [-0.2, 0) is 12.8 Å². The summed E-state index contributed by atoms with van der Waals surface area (Å²) < 4.78 is 0. The van der Waals surface area contributed by atoms with Crippen molar-refractivity contribution in [1.29, 1.82) is 0 Å². The lowest BCUT2D eigenvalue weighted by Gasteiger charge is -2.25. The number of benzene rings is 3. The van der Waals surface area contributed by atoms with Crippen LogP contribution in [-0.4, -0.2) is 11.5 Å². The van der Waals surface area contributed by atoms with Gasteiger partial charge in [-0.05, 0) is 60.3 Å². The summed E-state index contributed by atoms with van der Waals surface area (Å²) in [4.78, 5) is 3.70. The van der Waals surface area contributed by atoms with E-state index in [1.165, 1.54) is 44.1 Å². The number of aromatic nitrogens is 1. The maximum absolute atomic E-state index is 3.73. The van der Waals surface area contributed by atoms with Crippen molar-refractivity contribution in [2.45, 2.75) is 25.8 Å². The second kappa shape index (κ2) is 5.75. The van der Waals surface area contributed by atoms with Gasteiger partial charge in [0.25, 0.3) is 0 Å². The van der Waals surface area contributed by atoms with Gasteiger partial charge in [0.15, 0.2) is 0 Å². The van der Waals surface area contributed by atoms with Gasteiger partial charge in [-0.1, -0.05) is 54.1 Å². The van der Waals surface area contributed by atoms with Gasteiger partial charge in [-0.25, -0.2) is 0 Å². The van der Waals surface area contributed by atoms with Crippen LogP contribution in [0.2, 0.25) is 0 Å². The normalized spacial score (nSPS) is 17.1. The highest BCUT2D eigenvalue weighted by Gasteiger charge is 2.24. The molecule has 124 valence electrons. The van der Waals surface area contributed by atoms with E-state index in [9.17, 15) is 0 Å². The maximum atomic E-state index is 3.73. The summed E-state index contributed by atoms with van der Waals surface area (Å²) in [5.41, 5.74) is 6.89. The highest BCUT2D eigenvalue weighted by molar-refractivity contribution is 5.87. The molecule has 0 saturated carbocycles. The summed E-state index contributed by atoms with van der Waals surface area (Å²) in [7, 11) is 0. The predicted molar refractivity (Wildman–Crippen MR) is 105 cm³/mol.